The van der Waals surface area contributed by atoms with Gasteiger partial charge >= 0.3 is 0 Å². The molecule has 0 radical (unpaired) electrons. The molecule has 2 atom stereocenters. The molecule has 2 aromatic carbocycles. The lowest BCUT2D eigenvalue weighted by atomic mass is 9.94. The summed E-state index contributed by atoms with van der Waals surface area (Å²) in [7, 11) is -11.1. The summed E-state index contributed by atoms with van der Waals surface area (Å²) in [6, 6.07) is 10.8. The van der Waals surface area contributed by atoms with E-state index in [1.54, 1.807) is 0 Å². The van der Waals surface area contributed by atoms with Crippen molar-refractivity contribution < 1.29 is 26.9 Å². The van der Waals surface area contributed by atoms with Crippen LogP contribution < -0.4 is 22.4 Å². The van der Waals surface area contributed by atoms with Crippen LogP contribution in [-0.2, 0) is 10.8 Å². The van der Waals surface area contributed by atoms with Crippen LogP contribution >= 0.6 is 0 Å². The predicted octanol–water partition coefficient (Wildman–Crippen LogP) is 15.3. The third-order valence-electron chi connectivity index (χ3n) is 14.4. The first-order chi connectivity index (χ1) is 24.6. The van der Waals surface area contributed by atoms with Crippen molar-refractivity contribution in [3.63, 3.8) is 0 Å². The highest BCUT2D eigenvalue weighted by molar-refractivity contribution is 6.76. The zero-order valence-electron chi connectivity index (χ0n) is 40.7. The fraction of sp³-hybridized carbons (Fsp3) is 0.733. The number of fused-ring (bicyclic) bond motifs is 1. The first-order valence-corrected chi connectivity index (χ1v) is 35.6. The van der Waals surface area contributed by atoms with Crippen molar-refractivity contribution in [3.05, 3.63) is 41.5 Å². The quantitative estimate of drug-likeness (QED) is 0.210. The Morgan fingerprint density at radius 3 is 1.29 bits per heavy atom. The average molecular weight is 862 g/mol. The van der Waals surface area contributed by atoms with Crippen molar-refractivity contribution in [2.45, 2.75) is 213 Å². The highest BCUT2D eigenvalue weighted by Gasteiger charge is 2.47. The Kier molecular flexibility index (Phi) is 13.5. The molecule has 2 aromatic rings. The topological polar surface area (TPSA) is 55.4 Å². The van der Waals surface area contributed by atoms with Gasteiger partial charge in [0.2, 0.25) is 16.6 Å². The summed E-state index contributed by atoms with van der Waals surface area (Å²) in [4.78, 5) is 0. The van der Waals surface area contributed by atoms with Crippen molar-refractivity contribution in [2.75, 3.05) is 0 Å². The highest BCUT2D eigenvalue weighted by atomic mass is 28.4. The van der Waals surface area contributed by atoms with Crippen LogP contribution in [0, 0.1) is 0 Å². The minimum Gasteiger partial charge on any atom is -0.543 e. The lowest BCUT2D eigenvalue weighted by Crippen LogP contribution is -2.48. The van der Waals surface area contributed by atoms with E-state index in [0.29, 0.717) is 6.42 Å². The molecule has 0 spiro atoms. The van der Waals surface area contributed by atoms with Gasteiger partial charge in [0.1, 0.15) is 34.9 Å². The molecule has 1 heterocycles. The molecule has 0 amide bonds. The van der Waals surface area contributed by atoms with Gasteiger partial charge in [-0.3, -0.25) is 0 Å². The summed E-state index contributed by atoms with van der Waals surface area (Å²) >= 11 is 0. The van der Waals surface area contributed by atoms with Gasteiger partial charge in [0.15, 0.2) is 8.32 Å². The monoisotopic (exact) mass is 861 g/mol. The van der Waals surface area contributed by atoms with Crippen LogP contribution in [0.4, 0.5) is 0 Å². The van der Waals surface area contributed by atoms with Crippen molar-refractivity contribution in [1.29, 1.82) is 0 Å². The van der Waals surface area contributed by atoms with E-state index >= 15 is 0 Å². The second kappa shape index (κ2) is 15.5. The van der Waals surface area contributed by atoms with E-state index in [9.17, 15) is 0 Å². The SMILES string of the molecule is CC(C)(C)[Si](C)(C)Oc1cc2c(c(O[Si](C)(C)C(C)(C)C)c1)C[C@@H](O[Si](C)(C)C(C)(C)C)[C@@H](c1ccc(O[Si](C)(C)C(C)(C)C)c(O[Si](C)(C)C(C)(C)C)c1)O2. The number of benzene rings is 2. The summed E-state index contributed by atoms with van der Waals surface area (Å²) in [6.07, 6.45) is 0.0339. The lowest BCUT2D eigenvalue weighted by Gasteiger charge is -2.44. The van der Waals surface area contributed by atoms with Crippen LogP contribution in [0.25, 0.3) is 0 Å². The molecule has 0 bridgehead atoms. The summed E-state index contributed by atoms with van der Waals surface area (Å²) in [5.41, 5.74) is 2.09. The Morgan fingerprint density at radius 2 is 0.857 bits per heavy atom. The summed E-state index contributed by atoms with van der Waals surface area (Å²) in [6.45, 7) is 57.4. The zero-order valence-corrected chi connectivity index (χ0v) is 45.7. The molecular weight excluding hydrogens is 777 g/mol. The van der Waals surface area contributed by atoms with Crippen LogP contribution in [-0.4, -0.2) is 47.7 Å². The van der Waals surface area contributed by atoms with Crippen LogP contribution in [0.15, 0.2) is 30.3 Å². The second-order valence-electron chi connectivity index (χ2n) is 24.2. The second-order valence-corrected chi connectivity index (χ2v) is 47.9. The van der Waals surface area contributed by atoms with E-state index in [4.69, 9.17) is 26.9 Å². The molecule has 11 heteroatoms. The van der Waals surface area contributed by atoms with Gasteiger partial charge in [-0.25, -0.2) is 0 Å². The predicted molar refractivity (Wildman–Crippen MR) is 253 cm³/mol. The average Bonchev–Trinajstić information content (AvgIpc) is 2.94. The van der Waals surface area contributed by atoms with E-state index in [1.807, 2.05) is 0 Å². The van der Waals surface area contributed by atoms with Gasteiger partial charge in [0.05, 0.1) is 6.10 Å². The normalized spacial score (nSPS) is 18.2. The van der Waals surface area contributed by atoms with Crippen LogP contribution in [0.5, 0.6) is 28.7 Å². The first kappa shape index (κ1) is 48.9. The maximum atomic E-state index is 7.41. The molecule has 56 heavy (non-hydrogen) atoms. The Balaban J connectivity index is 2.36. The first-order valence-electron chi connectivity index (χ1n) is 21.0. The molecular formula is C45H84O6Si5. The van der Waals surface area contributed by atoms with Crippen molar-refractivity contribution >= 4 is 41.6 Å². The van der Waals surface area contributed by atoms with Gasteiger partial charge in [-0.05, 0) is 108 Å². The fourth-order valence-electron chi connectivity index (χ4n) is 5.11. The standard InChI is InChI=1S/C45H84O6Si5/c1-41(2,3)52(16,17)47-33-29-36-34(37(30-33)49-54(20,21)43(7,8)9)31-39(51-56(24,25)45(13,14)15)40(46-36)32-26-27-35(48-53(18,19)42(4,5)6)38(28-32)50-55(22,23)44(10,11)12/h26-30,39-40H,31H2,1-25H3/t39-,40-/m1/s1. The number of ether oxygens (including phenoxy) is 1. The van der Waals surface area contributed by atoms with Crippen LogP contribution in [0.1, 0.15) is 121 Å². The number of hydrogen-bond donors (Lipinski definition) is 0. The zero-order chi connectivity index (χ0) is 43.7. The van der Waals surface area contributed by atoms with Gasteiger partial charge in [0.25, 0.3) is 16.6 Å². The minimum absolute atomic E-state index is 0.00655. The van der Waals surface area contributed by atoms with E-state index in [1.165, 1.54) is 0 Å². The van der Waals surface area contributed by atoms with Crippen LogP contribution in [0.2, 0.25) is 90.7 Å². The van der Waals surface area contributed by atoms with E-state index in [2.05, 4.69) is 200 Å². The van der Waals surface area contributed by atoms with E-state index in [0.717, 1.165) is 39.9 Å². The fourth-order valence-corrected chi connectivity index (χ4v) is 10.5. The molecule has 0 N–H and O–H groups in total. The molecule has 6 nitrogen and oxygen atoms in total. The van der Waals surface area contributed by atoms with Crippen molar-refractivity contribution in [1.82, 2.24) is 0 Å². The maximum absolute atomic E-state index is 7.41. The molecule has 1 aliphatic heterocycles. The van der Waals surface area contributed by atoms with E-state index < -0.39 is 41.6 Å². The maximum Gasteiger partial charge on any atom is 0.250 e. The summed E-state index contributed by atoms with van der Waals surface area (Å²) in [5.74, 6) is 4.11. The van der Waals surface area contributed by atoms with Crippen molar-refractivity contribution in [3.8, 4) is 28.7 Å². The third kappa shape index (κ3) is 10.8. The van der Waals surface area contributed by atoms with Gasteiger partial charge in [-0.2, -0.15) is 0 Å². The van der Waals surface area contributed by atoms with Gasteiger partial charge in [-0.1, -0.05) is 110 Å². The van der Waals surface area contributed by atoms with Gasteiger partial charge in [-0.15, -0.1) is 0 Å². The van der Waals surface area contributed by atoms with E-state index in [-0.39, 0.29) is 37.4 Å². The summed E-state index contributed by atoms with van der Waals surface area (Å²) < 4.78 is 43.1. The molecule has 0 saturated carbocycles. The third-order valence-corrected chi connectivity index (χ3v) is 36.3. The lowest BCUT2D eigenvalue weighted by molar-refractivity contribution is 0.0279. The van der Waals surface area contributed by atoms with Crippen molar-refractivity contribution in [2.24, 2.45) is 0 Å². The molecule has 0 unspecified atom stereocenters. The molecule has 0 fully saturated rings. The Morgan fingerprint density at radius 1 is 0.464 bits per heavy atom. The molecule has 3 rings (SSSR count). The molecule has 0 aromatic heterocycles. The molecule has 0 saturated heterocycles. The Labute approximate surface area is 350 Å². The number of hydrogen-bond acceptors (Lipinski definition) is 6. The molecule has 1 aliphatic rings. The molecule has 320 valence electrons. The molecule has 0 aliphatic carbocycles. The minimum atomic E-state index is -2.26. The highest BCUT2D eigenvalue weighted by Crippen LogP contribution is 2.51. The van der Waals surface area contributed by atoms with Gasteiger partial charge in [0, 0.05) is 24.1 Å². The van der Waals surface area contributed by atoms with Gasteiger partial charge < -0.3 is 26.9 Å². The Bertz CT molecular complexity index is 1700. The largest absolute Gasteiger partial charge is 0.543 e. The van der Waals surface area contributed by atoms with Crippen LogP contribution in [0.3, 0.4) is 0 Å². The Hall–Kier alpha value is -1.52. The smallest absolute Gasteiger partial charge is 0.250 e. The number of rotatable bonds is 11. The summed E-state index contributed by atoms with van der Waals surface area (Å²) in [5, 5.41) is 0.0967.